The number of hydrogen-bond acceptors (Lipinski definition) is 2. The number of hydrogen-bond donors (Lipinski definition) is 1. The van der Waals surface area contributed by atoms with Gasteiger partial charge in [-0.05, 0) is 23.6 Å². The molecule has 0 unspecified atom stereocenters. The highest BCUT2D eigenvalue weighted by atomic mass is 16.1. The van der Waals surface area contributed by atoms with Gasteiger partial charge in [0.15, 0.2) is 6.29 Å². The van der Waals surface area contributed by atoms with Crippen LogP contribution in [0.1, 0.15) is 35.7 Å². The van der Waals surface area contributed by atoms with E-state index < -0.39 is 0 Å². The van der Waals surface area contributed by atoms with E-state index in [1.165, 1.54) is 0 Å². The van der Waals surface area contributed by atoms with Crippen molar-refractivity contribution in [3.8, 4) is 0 Å². The molecule has 0 atom stereocenters. The summed E-state index contributed by atoms with van der Waals surface area (Å²) in [7, 11) is 0. The Kier molecular flexibility index (Phi) is 2.48. The fourth-order valence-electron chi connectivity index (χ4n) is 1.05. The molecule has 0 saturated heterocycles. The molecule has 0 heterocycles. The Bertz CT molecular complexity index is 292. The number of aldehydes is 1. The molecule has 0 aromatic heterocycles. The van der Waals surface area contributed by atoms with E-state index in [9.17, 15) is 4.79 Å². The minimum Gasteiger partial charge on any atom is -0.398 e. The summed E-state index contributed by atoms with van der Waals surface area (Å²) in [6.45, 7) is 4.17. The molecule has 1 aromatic rings. The predicted molar refractivity (Wildman–Crippen MR) is 50.3 cm³/mol. The molecule has 64 valence electrons. The van der Waals surface area contributed by atoms with Crippen LogP contribution in [0.3, 0.4) is 0 Å². The van der Waals surface area contributed by atoms with Gasteiger partial charge < -0.3 is 5.73 Å². The van der Waals surface area contributed by atoms with Crippen molar-refractivity contribution >= 4 is 12.0 Å². The molecule has 2 nitrogen and oxygen atoms in total. The summed E-state index contributed by atoms with van der Waals surface area (Å²) in [4.78, 5) is 10.5. The van der Waals surface area contributed by atoms with Crippen LogP contribution in [0.4, 0.5) is 5.69 Å². The molecule has 0 fully saturated rings. The average Bonchev–Trinajstić information content (AvgIpc) is 2.05. The molecule has 2 heteroatoms. The third-order valence-electron chi connectivity index (χ3n) is 1.90. The van der Waals surface area contributed by atoms with E-state index >= 15 is 0 Å². The van der Waals surface area contributed by atoms with E-state index in [2.05, 4.69) is 13.8 Å². The quantitative estimate of drug-likeness (QED) is 0.536. The zero-order chi connectivity index (χ0) is 9.14. The molecule has 1 aromatic carbocycles. The highest BCUT2D eigenvalue weighted by molar-refractivity contribution is 5.83. The first-order valence-corrected chi connectivity index (χ1v) is 3.99. The molecular weight excluding hydrogens is 150 g/mol. The minimum absolute atomic E-state index is 0.435. The number of carbonyl (C=O) groups excluding carboxylic acids is 1. The van der Waals surface area contributed by atoms with Crippen molar-refractivity contribution < 1.29 is 4.79 Å². The van der Waals surface area contributed by atoms with Gasteiger partial charge in [0.1, 0.15) is 0 Å². The Morgan fingerprint density at radius 2 is 2.08 bits per heavy atom. The van der Waals surface area contributed by atoms with E-state index in [4.69, 9.17) is 5.73 Å². The Morgan fingerprint density at radius 1 is 1.42 bits per heavy atom. The van der Waals surface area contributed by atoms with Crippen LogP contribution in [0, 0.1) is 0 Å². The summed E-state index contributed by atoms with van der Waals surface area (Å²) >= 11 is 0. The molecule has 0 aliphatic carbocycles. The fraction of sp³-hybridized carbons (Fsp3) is 0.300. The van der Waals surface area contributed by atoms with Gasteiger partial charge in [-0.15, -0.1) is 0 Å². The second kappa shape index (κ2) is 3.39. The summed E-state index contributed by atoms with van der Waals surface area (Å²) in [5.74, 6) is 0.435. The van der Waals surface area contributed by atoms with Gasteiger partial charge in [0.2, 0.25) is 0 Å². The topological polar surface area (TPSA) is 43.1 Å². The van der Waals surface area contributed by atoms with Crippen LogP contribution in [-0.4, -0.2) is 6.29 Å². The zero-order valence-corrected chi connectivity index (χ0v) is 7.37. The molecule has 0 aliphatic rings. The van der Waals surface area contributed by atoms with Gasteiger partial charge in [0.25, 0.3) is 0 Å². The van der Waals surface area contributed by atoms with E-state index in [1.54, 1.807) is 6.07 Å². The highest BCUT2D eigenvalue weighted by Crippen LogP contribution is 2.18. The van der Waals surface area contributed by atoms with Gasteiger partial charge in [-0.25, -0.2) is 0 Å². The van der Waals surface area contributed by atoms with Crippen LogP contribution in [-0.2, 0) is 0 Å². The predicted octanol–water partition coefficient (Wildman–Crippen LogP) is 2.20. The summed E-state index contributed by atoms with van der Waals surface area (Å²) in [5.41, 5.74) is 7.85. The first kappa shape index (κ1) is 8.78. The SMILES string of the molecule is CC(C)c1ccc(N)c(C=O)c1. The number of nitrogen functional groups attached to an aromatic ring is 1. The van der Waals surface area contributed by atoms with Crippen LogP contribution >= 0.6 is 0 Å². The summed E-state index contributed by atoms with van der Waals surface area (Å²) in [6, 6.07) is 5.57. The average molecular weight is 163 g/mol. The third-order valence-corrected chi connectivity index (χ3v) is 1.90. The van der Waals surface area contributed by atoms with Crippen molar-refractivity contribution in [1.82, 2.24) is 0 Å². The van der Waals surface area contributed by atoms with Crippen LogP contribution in [0.15, 0.2) is 18.2 Å². The van der Waals surface area contributed by atoms with Gasteiger partial charge in [0.05, 0.1) is 0 Å². The summed E-state index contributed by atoms with van der Waals surface area (Å²) in [6.07, 6.45) is 0.793. The normalized spacial score (nSPS) is 10.2. The molecule has 0 amide bonds. The van der Waals surface area contributed by atoms with Crippen molar-refractivity contribution in [1.29, 1.82) is 0 Å². The van der Waals surface area contributed by atoms with E-state index in [0.717, 1.165) is 11.8 Å². The second-order valence-electron chi connectivity index (χ2n) is 3.16. The standard InChI is InChI=1S/C10H13NO/c1-7(2)8-3-4-10(11)9(5-8)6-12/h3-7H,11H2,1-2H3. The monoisotopic (exact) mass is 163 g/mol. The molecule has 2 N–H and O–H groups in total. The lowest BCUT2D eigenvalue weighted by Crippen LogP contribution is -1.95. The summed E-state index contributed by atoms with van der Waals surface area (Å²) < 4.78 is 0. The maximum Gasteiger partial charge on any atom is 0.152 e. The number of anilines is 1. The molecule has 0 bridgehead atoms. The van der Waals surface area contributed by atoms with Crippen molar-refractivity contribution in [2.24, 2.45) is 0 Å². The van der Waals surface area contributed by atoms with E-state index in [1.807, 2.05) is 12.1 Å². The van der Waals surface area contributed by atoms with Crippen molar-refractivity contribution in [3.05, 3.63) is 29.3 Å². The number of carbonyl (C=O) groups is 1. The van der Waals surface area contributed by atoms with Crippen LogP contribution in [0.2, 0.25) is 0 Å². The lowest BCUT2D eigenvalue weighted by molar-refractivity contribution is 0.112. The smallest absolute Gasteiger partial charge is 0.152 e. The third kappa shape index (κ3) is 1.64. The van der Waals surface area contributed by atoms with Crippen LogP contribution < -0.4 is 5.73 Å². The van der Waals surface area contributed by atoms with Gasteiger partial charge >= 0.3 is 0 Å². The number of rotatable bonds is 2. The molecular formula is C10H13NO. The lowest BCUT2D eigenvalue weighted by atomic mass is 10.0. The first-order chi connectivity index (χ1) is 5.65. The van der Waals surface area contributed by atoms with Gasteiger partial charge in [-0.2, -0.15) is 0 Å². The highest BCUT2D eigenvalue weighted by Gasteiger charge is 2.02. The molecule has 12 heavy (non-hydrogen) atoms. The molecule has 1 rings (SSSR count). The minimum atomic E-state index is 0.435. The fourth-order valence-corrected chi connectivity index (χ4v) is 1.05. The zero-order valence-electron chi connectivity index (χ0n) is 7.37. The maximum atomic E-state index is 10.5. The van der Waals surface area contributed by atoms with Crippen LogP contribution in [0.25, 0.3) is 0 Å². The Labute approximate surface area is 72.4 Å². The first-order valence-electron chi connectivity index (χ1n) is 3.99. The largest absolute Gasteiger partial charge is 0.398 e. The Hall–Kier alpha value is -1.31. The Balaban J connectivity index is 3.13. The number of benzene rings is 1. The van der Waals surface area contributed by atoms with E-state index in [0.29, 0.717) is 17.2 Å². The van der Waals surface area contributed by atoms with Crippen molar-refractivity contribution in [2.75, 3.05) is 5.73 Å². The molecule has 0 saturated carbocycles. The maximum absolute atomic E-state index is 10.5. The molecule has 0 radical (unpaired) electrons. The summed E-state index contributed by atoms with van der Waals surface area (Å²) in [5, 5.41) is 0. The Morgan fingerprint density at radius 3 is 2.58 bits per heavy atom. The molecule has 0 aliphatic heterocycles. The van der Waals surface area contributed by atoms with Gasteiger partial charge in [-0.3, -0.25) is 4.79 Å². The van der Waals surface area contributed by atoms with E-state index in [-0.39, 0.29) is 0 Å². The van der Waals surface area contributed by atoms with Crippen molar-refractivity contribution in [3.63, 3.8) is 0 Å². The van der Waals surface area contributed by atoms with Crippen LogP contribution in [0.5, 0.6) is 0 Å². The van der Waals surface area contributed by atoms with Gasteiger partial charge in [0, 0.05) is 11.3 Å². The number of nitrogens with two attached hydrogens (primary N) is 1. The second-order valence-corrected chi connectivity index (χ2v) is 3.16. The van der Waals surface area contributed by atoms with Crippen molar-refractivity contribution in [2.45, 2.75) is 19.8 Å². The molecule has 0 spiro atoms. The lowest BCUT2D eigenvalue weighted by Gasteiger charge is -2.06. The van der Waals surface area contributed by atoms with Gasteiger partial charge in [-0.1, -0.05) is 19.9 Å².